The SMILES string of the molecule is COc1cc(-c2cc(CN(c3ccc(F)cc3)C3CCNCC3)ccn2)cc(OC)c1OC.Cl.Cl. The number of rotatable bonds is 8. The van der Waals surface area contributed by atoms with Crippen molar-refractivity contribution in [2.24, 2.45) is 0 Å². The van der Waals surface area contributed by atoms with E-state index in [-0.39, 0.29) is 30.6 Å². The Balaban J connectivity index is 0.00000216. The van der Waals surface area contributed by atoms with Gasteiger partial charge in [0, 0.05) is 30.0 Å². The number of aromatic nitrogens is 1. The number of nitrogens with zero attached hydrogens (tertiary/aromatic N) is 2. The molecule has 9 heteroatoms. The molecule has 0 unspecified atom stereocenters. The van der Waals surface area contributed by atoms with Crippen molar-refractivity contribution in [1.29, 1.82) is 0 Å². The third-order valence-electron chi connectivity index (χ3n) is 6.05. The zero-order valence-electron chi connectivity index (χ0n) is 20.1. The van der Waals surface area contributed by atoms with Crippen LogP contribution in [-0.4, -0.2) is 45.4 Å². The van der Waals surface area contributed by atoms with Crippen LogP contribution in [-0.2, 0) is 6.54 Å². The Kier molecular flexibility index (Phi) is 10.9. The van der Waals surface area contributed by atoms with E-state index in [1.807, 2.05) is 36.5 Å². The van der Waals surface area contributed by atoms with Crippen molar-refractivity contribution in [3.05, 3.63) is 66.1 Å². The molecule has 1 N–H and O–H groups in total. The fraction of sp³-hybridized carbons (Fsp3) is 0.346. The summed E-state index contributed by atoms with van der Waals surface area (Å²) in [6.45, 7) is 2.67. The number of benzene rings is 2. The van der Waals surface area contributed by atoms with Crippen molar-refractivity contribution < 1.29 is 18.6 Å². The third-order valence-corrected chi connectivity index (χ3v) is 6.05. The molecule has 4 rings (SSSR count). The summed E-state index contributed by atoms with van der Waals surface area (Å²) in [7, 11) is 4.79. The number of pyridine rings is 1. The van der Waals surface area contributed by atoms with Crippen molar-refractivity contribution >= 4 is 30.5 Å². The average Bonchev–Trinajstić information content (AvgIpc) is 2.87. The highest BCUT2D eigenvalue weighted by atomic mass is 35.5. The van der Waals surface area contributed by atoms with E-state index in [0.717, 1.165) is 48.4 Å². The third kappa shape index (κ3) is 6.69. The second-order valence-corrected chi connectivity index (χ2v) is 8.05. The standard InChI is InChI=1S/C26H30FN3O3.2ClH/c1-31-24-15-19(16-25(32-2)26(24)33-3)23-14-18(8-13-29-23)17-30(22-9-11-28-12-10-22)21-6-4-20(27)5-7-21;;/h4-8,13-16,22,28H,9-12,17H2,1-3H3;2*1H. The van der Waals surface area contributed by atoms with Crippen LogP contribution in [0.2, 0.25) is 0 Å². The molecule has 190 valence electrons. The van der Waals surface area contributed by atoms with Gasteiger partial charge in [-0.3, -0.25) is 4.98 Å². The van der Waals surface area contributed by atoms with Crippen molar-refractivity contribution in [2.75, 3.05) is 39.3 Å². The Bertz CT molecular complexity index is 1050. The first-order valence-electron chi connectivity index (χ1n) is 11.1. The van der Waals surface area contributed by atoms with E-state index < -0.39 is 0 Å². The van der Waals surface area contributed by atoms with E-state index in [2.05, 4.69) is 21.3 Å². The highest BCUT2D eigenvalue weighted by Gasteiger charge is 2.22. The second-order valence-electron chi connectivity index (χ2n) is 8.05. The van der Waals surface area contributed by atoms with Crippen LogP contribution in [0.3, 0.4) is 0 Å². The van der Waals surface area contributed by atoms with Gasteiger partial charge in [-0.2, -0.15) is 0 Å². The lowest BCUT2D eigenvalue weighted by Crippen LogP contribution is -2.43. The topological polar surface area (TPSA) is 55.9 Å². The number of nitrogens with one attached hydrogen (secondary N) is 1. The highest BCUT2D eigenvalue weighted by Crippen LogP contribution is 2.41. The summed E-state index contributed by atoms with van der Waals surface area (Å²) in [5.41, 5.74) is 3.84. The van der Waals surface area contributed by atoms with Gasteiger partial charge in [0.1, 0.15) is 5.82 Å². The molecule has 2 aromatic carbocycles. The lowest BCUT2D eigenvalue weighted by atomic mass is 10.0. The van der Waals surface area contributed by atoms with E-state index in [4.69, 9.17) is 14.2 Å². The molecular formula is C26H32Cl2FN3O3. The molecule has 1 saturated heterocycles. The summed E-state index contributed by atoms with van der Waals surface area (Å²) in [5.74, 6) is 1.49. The number of hydrogen-bond donors (Lipinski definition) is 1. The van der Waals surface area contributed by atoms with Crippen molar-refractivity contribution in [3.63, 3.8) is 0 Å². The second kappa shape index (κ2) is 13.4. The molecule has 6 nitrogen and oxygen atoms in total. The Hall–Kier alpha value is -2.74. The van der Waals surface area contributed by atoms with Crippen LogP contribution in [0.15, 0.2) is 54.7 Å². The molecule has 0 spiro atoms. The summed E-state index contributed by atoms with van der Waals surface area (Å²) >= 11 is 0. The maximum absolute atomic E-state index is 13.6. The van der Waals surface area contributed by atoms with E-state index in [1.54, 1.807) is 21.3 Å². The molecule has 35 heavy (non-hydrogen) atoms. The molecule has 3 aromatic rings. The van der Waals surface area contributed by atoms with Crippen LogP contribution in [0, 0.1) is 5.82 Å². The molecule has 0 amide bonds. The van der Waals surface area contributed by atoms with Crippen LogP contribution in [0.1, 0.15) is 18.4 Å². The molecule has 1 aliphatic heterocycles. The monoisotopic (exact) mass is 523 g/mol. The van der Waals surface area contributed by atoms with Gasteiger partial charge in [-0.05, 0) is 80.0 Å². The predicted molar refractivity (Wildman–Crippen MR) is 142 cm³/mol. The molecule has 0 bridgehead atoms. The van der Waals surface area contributed by atoms with Gasteiger partial charge in [-0.25, -0.2) is 4.39 Å². The minimum Gasteiger partial charge on any atom is -0.493 e. The Labute approximate surface area is 218 Å². The largest absolute Gasteiger partial charge is 0.493 e. The Morgan fingerprint density at radius 3 is 2.11 bits per heavy atom. The molecule has 1 aliphatic rings. The van der Waals surface area contributed by atoms with E-state index >= 15 is 0 Å². The Morgan fingerprint density at radius 1 is 0.914 bits per heavy atom. The first-order valence-corrected chi connectivity index (χ1v) is 11.1. The van der Waals surface area contributed by atoms with Gasteiger partial charge in [0.15, 0.2) is 11.5 Å². The number of anilines is 1. The fourth-order valence-corrected chi connectivity index (χ4v) is 4.34. The van der Waals surface area contributed by atoms with Gasteiger partial charge in [-0.15, -0.1) is 24.8 Å². The summed E-state index contributed by atoms with van der Waals surface area (Å²) in [6, 6.07) is 15.1. The number of hydrogen-bond acceptors (Lipinski definition) is 6. The first-order chi connectivity index (χ1) is 16.1. The predicted octanol–water partition coefficient (Wildman–Crippen LogP) is 5.52. The van der Waals surface area contributed by atoms with Crippen LogP contribution in [0.4, 0.5) is 10.1 Å². The zero-order valence-corrected chi connectivity index (χ0v) is 21.8. The summed E-state index contributed by atoms with van der Waals surface area (Å²) in [5, 5.41) is 3.42. The molecule has 1 fully saturated rings. The van der Waals surface area contributed by atoms with Gasteiger partial charge in [0.2, 0.25) is 5.75 Å². The molecule has 0 saturated carbocycles. The zero-order chi connectivity index (χ0) is 23.2. The number of methoxy groups -OCH3 is 3. The van der Waals surface area contributed by atoms with Gasteiger partial charge in [0.25, 0.3) is 0 Å². The molecule has 1 aromatic heterocycles. The van der Waals surface area contributed by atoms with E-state index in [1.165, 1.54) is 12.1 Å². The van der Waals surface area contributed by atoms with Crippen LogP contribution in [0.5, 0.6) is 17.2 Å². The quantitative estimate of drug-likeness (QED) is 0.419. The maximum Gasteiger partial charge on any atom is 0.203 e. The van der Waals surface area contributed by atoms with E-state index in [9.17, 15) is 4.39 Å². The van der Waals surface area contributed by atoms with Crippen LogP contribution in [0.25, 0.3) is 11.3 Å². The highest BCUT2D eigenvalue weighted by molar-refractivity contribution is 5.85. The summed E-state index contributed by atoms with van der Waals surface area (Å²) in [6.07, 6.45) is 3.91. The minimum atomic E-state index is -0.224. The van der Waals surface area contributed by atoms with Crippen molar-refractivity contribution in [1.82, 2.24) is 10.3 Å². The number of ether oxygens (including phenoxy) is 3. The van der Waals surface area contributed by atoms with Crippen LogP contribution >= 0.6 is 24.8 Å². The normalized spacial score (nSPS) is 13.3. The minimum absolute atomic E-state index is 0. The lowest BCUT2D eigenvalue weighted by molar-refractivity contribution is 0.324. The number of piperidine rings is 1. The Morgan fingerprint density at radius 2 is 1.54 bits per heavy atom. The molecule has 0 radical (unpaired) electrons. The van der Waals surface area contributed by atoms with Gasteiger partial charge < -0.3 is 24.4 Å². The van der Waals surface area contributed by atoms with Crippen LogP contribution < -0.4 is 24.4 Å². The smallest absolute Gasteiger partial charge is 0.203 e. The maximum atomic E-state index is 13.6. The van der Waals surface area contributed by atoms with E-state index in [0.29, 0.717) is 29.8 Å². The summed E-state index contributed by atoms with van der Waals surface area (Å²) in [4.78, 5) is 6.96. The number of halogens is 3. The molecule has 2 heterocycles. The fourth-order valence-electron chi connectivity index (χ4n) is 4.34. The van der Waals surface area contributed by atoms with Gasteiger partial charge in [0.05, 0.1) is 27.0 Å². The molecular weight excluding hydrogens is 492 g/mol. The average molecular weight is 524 g/mol. The van der Waals surface area contributed by atoms with Crippen molar-refractivity contribution in [3.8, 4) is 28.5 Å². The lowest BCUT2D eigenvalue weighted by Gasteiger charge is -2.36. The first kappa shape index (κ1) is 28.5. The molecule has 0 aliphatic carbocycles. The van der Waals surface area contributed by atoms with Gasteiger partial charge in [-0.1, -0.05) is 0 Å². The van der Waals surface area contributed by atoms with Crippen molar-refractivity contribution in [2.45, 2.75) is 25.4 Å². The summed E-state index contributed by atoms with van der Waals surface area (Å²) < 4.78 is 30.0. The molecule has 0 atom stereocenters. The van der Waals surface area contributed by atoms with Gasteiger partial charge >= 0.3 is 0 Å².